The number of epoxide rings is 1. The Morgan fingerprint density at radius 2 is 1.79 bits per heavy atom. The summed E-state index contributed by atoms with van der Waals surface area (Å²) in [6, 6.07) is 0. The van der Waals surface area contributed by atoms with E-state index in [9.17, 15) is 19.2 Å². The summed E-state index contributed by atoms with van der Waals surface area (Å²) in [6.45, 7) is 9.80. The molecule has 0 N–H and O–H groups in total. The SMILES string of the molecule is CC(=O)OCC1=CO[C@@H](OC(=O)CC(C)C)[C@H]2C1=C[C@H](OC(=O)CC(C)(C)OC(C)=O)C21CO1. The van der Waals surface area contributed by atoms with E-state index in [2.05, 4.69) is 0 Å². The third kappa shape index (κ3) is 5.97. The molecule has 0 radical (unpaired) electrons. The summed E-state index contributed by atoms with van der Waals surface area (Å²) in [5, 5.41) is 0. The summed E-state index contributed by atoms with van der Waals surface area (Å²) in [4.78, 5) is 47.7. The van der Waals surface area contributed by atoms with Crippen molar-refractivity contribution in [2.75, 3.05) is 13.2 Å². The summed E-state index contributed by atoms with van der Waals surface area (Å²) < 4.78 is 33.2. The van der Waals surface area contributed by atoms with E-state index in [1.54, 1.807) is 19.9 Å². The van der Waals surface area contributed by atoms with Crippen LogP contribution < -0.4 is 0 Å². The molecule has 0 saturated carbocycles. The molecule has 0 aromatic carbocycles. The van der Waals surface area contributed by atoms with Crippen molar-refractivity contribution in [3.63, 3.8) is 0 Å². The maximum atomic E-state index is 12.7. The van der Waals surface area contributed by atoms with Crippen LogP contribution in [0, 0.1) is 11.8 Å². The second kappa shape index (κ2) is 9.77. The van der Waals surface area contributed by atoms with Crippen molar-refractivity contribution >= 4 is 23.9 Å². The van der Waals surface area contributed by atoms with Crippen molar-refractivity contribution in [2.24, 2.45) is 11.8 Å². The van der Waals surface area contributed by atoms with E-state index < -0.39 is 53.4 Å². The predicted molar refractivity (Wildman–Crippen MR) is 116 cm³/mol. The molecular weight excluding hydrogens is 448 g/mol. The Morgan fingerprint density at radius 1 is 1.12 bits per heavy atom. The molecule has 1 spiro atoms. The van der Waals surface area contributed by atoms with E-state index in [4.69, 9.17) is 28.4 Å². The molecule has 3 aliphatic rings. The first-order valence-electron chi connectivity index (χ1n) is 11.3. The van der Waals surface area contributed by atoms with Gasteiger partial charge in [-0.05, 0) is 31.4 Å². The van der Waals surface area contributed by atoms with Crippen molar-refractivity contribution < 1.29 is 47.6 Å². The zero-order valence-electron chi connectivity index (χ0n) is 20.4. The van der Waals surface area contributed by atoms with Crippen molar-refractivity contribution in [1.82, 2.24) is 0 Å². The maximum Gasteiger partial charge on any atom is 0.310 e. The van der Waals surface area contributed by atoms with Gasteiger partial charge in [0.15, 0.2) is 6.10 Å². The van der Waals surface area contributed by atoms with E-state index >= 15 is 0 Å². The largest absolute Gasteiger partial charge is 0.461 e. The van der Waals surface area contributed by atoms with Crippen LogP contribution in [0.2, 0.25) is 0 Å². The van der Waals surface area contributed by atoms with Crippen LogP contribution in [-0.4, -0.2) is 60.7 Å². The molecule has 34 heavy (non-hydrogen) atoms. The minimum atomic E-state index is -1.04. The van der Waals surface area contributed by atoms with Crippen LogP contribution in [0.5, 0.6) is 0 Å². The molecule has 1 fully saturated rings. The molecule has 1 aliphatic carbocycles. The number of esters is 4. The van der Waals surface area contributed by atoms with Gasteiger partial charge in [-0.1, -0.05) is 13.8 Å². The lowest BCUT2D eigenvalue weighted by Gasteiger charge is -2.33. The van der Waals surface area contributed by atoms with Gasteiger partial charge in [-0.15, -0.1) is 0 Å². The van der Waals surface area contributed by atoms with Gasteiger partial charge in [0.05, 0.1) is 25.2 Å². The van der Waals surface area contributed by atoms with Gasteiger partial charge in [0.25, 0.3) is 6.29 Å². The normalized spacial score (nSPS) is 27.2. The molecule has 3 rings (SSSR count). The molecule has 1 saturated heterocycles. The first kappa shape index (κ1) is 25.7. The molecule has 0 aromatic rings. The van der Waals surface area contributed by atoms with E-state index in [1.807, 2.05) is 13.8 Å². The molecule has 0 amide bonds. The van der Waals surface area contributed by atoms with Crippen LogP contribution in [0.3, 0.4) is 0 Å². The second-order valence-electron chi connectivity index (χ2n) is 9.80. The fourth-order valence-electron chi connectivity index (χ4n) is 4.25. The van der Waals surface area contributed by atoms with Crippen molar-refractivity contribution in [3.8, 4) is 0 Å². The fraction of sp³-hybridized carbons (Fsp3) is 0.667. The van der Waals surface area contributed by atoms with Gasteiger partial charge in [0.1, 0.15) is 17.8 Å². The van der Waals surface area contributed by atoms with Crippen LogP contribution in [0.25, 0.3) is 0 Å². The molecule has 2 aliphatic heterocycles. The van der Waals surface area contributed by atoms with Gasteiger partial charge < -0.3 is 28.4 Å². The van der Waals surface area contributed by atoms with Crippen LogP contribution in [0.4, 0.5) is 0 Å². The van der Waals surface area contributed by atoms with E-state index in [1.165, 1.54) is 20.1 Å². The lowest BCUT2D eigenvalue weighted by molar-refractivity contribution is -0.187. The molecular formula is C24H32O10. The Labute approximate surface area is 198 Å². The molecule has 0 aromatic heterocycles. The zero-order valence-corrected chi connectivity index (χ0v) is 20.4. The average Bonchev–Trinajstić information content (AvgIpc) is 3.39. The summed E-state index contributed by atoms with van der Waals surface area (Å²) in [7, 11) is 0. The number of carbonyl (C=O) groups excluding carboxylic acids is 4. The first-order chi connectivity index (χ1) is 15.8. The van der Waals surface area contributed by atoms with Gasteiger partial charge in [-0.25, -0.2) is 0 Å². The predicted octanol–water partition coefficient (Wildman–Crippen LogP) is 2.35. The number of hydrogen-bond donors (Lipinski definition) is 0. The third-order valence-corrected chi connectivity index (χ3v) is 5.64. The maximum absolute atomic E-state index is 12.7. The van der Waals surface area contributed by atoms with Crippen LogP contribution in [-0.2, 0) is 47.6 Å². The minimum Gasteiger partial charge on any atom is -0.461 e. The van der Waals surface area contributed by atoms with Gasteiger partial charge in [-0.2, -0.15) is 0 Å². The van der Waals surface area contributed by atoms with Gasteiger partial charge in [0, 0.05) is 25.8 Å². The topological polar surface area (TPSA) is 127 Å². The smallest absolute Gasteiger partial charge is 0.310 e. The average molecular weight is 481 g/mol. The molecule has 0 bridgehead atoms. The van der Waals surface area contributed by atoms with E-state index in [0.717, 1.165) is 0 Å². The molecule has 1 unspecified atom stereocenters. The second-order valence-corrected chi connectivity index (χ2v) is 9.80. The highest BCUT2D eigenvalue weighted by molar-refractivity contribution is 5.73. The highest BCUT2D eigenvalue weighted by Crippen LogP contribution is 2.54. The van der Waals surface area contributed by atoms with E-state index in [-0.39, 0.29) is 32.0 Å². The molecule has 2 heterocycles. The number of carbonyl (C=O) groups is 4. The zero-order chi connectivity index (χ0) is 25.3. The summed E-state index contributed by atoms with van der Waals surface area (Å²) in [5.74, 6) is -2.44. The van der Waals surface area contributed by atoms with Crippen molar-refractivity contribution in [1.29, 1.82) is 0 Å². The quantitative estimate of drug-likeness (QED) is 0.276. The Bertz CT molecular complexity index is 909. The molecule has 188 valence electrons. The number of fused-ring (bicyclic) bond motifs is 2. The van der Waals surface area contributed by atoms with Gasteiger partial charge in [0.2, 0.25) is 0 Å². The Hall–Kier alpha value is -2.88. The van der Waals surface area contributed by atoms with Gasteiger partial charge in [-0.3, -0.25) is 19.2 Å². The Morgan fingerprint density at radius 3 is 2.35 bits per heavy atom. The standard InChI is InChI=1S/C24H32O10/c1-13(2)7-19(27)33-22-21-17(16(11-30-22)10-29-14(3)25)8-18(24(21)12-31-24)32-20(28)9-23(5,6)34-15(4)26/h8,11,13,18,21-22H,7,9-10,12H2,1-6H3/t18-,21+,22-,24?/m0/s1. The lowest BCUT2D eigenvalue weighted by Crippen LogP contribution is -2.45. The molecule has 4 atom stereocenters. The van der Waals surface area contributed by atoms with Crippen LogP contribution in [0.15, 0.2) is 23.5 Å². The third-order valence-electron chi connectivity index (χ3n) is 5.64. The highest BCUT2D eigenvalue weighted by atomic mass is 16.7. The lowest BCUT2D eigenvalue weighted by atomic mass is 9.85. The summed E-state index contributed by atoms with van der Waals surface area (Å²) in [5.41, 5.74) is -0.777. The first-order valence-corrected chi connectivity index (χ1v) is 11.3. The Kier molecular flexibility index (Phi) is 7.40. The molecule has 10 heteroatoms. The summed E-state index contributed by atoms with van der Waals surface area (Å²) >= 11 is 0. The number of ether oxygens (including phenoxy) is 6. The summed E-state index contributed by atoms with van der Waals surface area (Å²) in [6.07, 6.45) is 1.39. The van der Waals surface area contributed by atoms with Gasteiger partial charge >= 0.3 is 23.9 Å². The monoisotopic (exact) mass is 480 g/mol. The highest BCUT2D eigenvalue weighted by Gasteiger charge is 2.68. The van der Waals surface area contributed by atoms with Crippen LogP contribution >= 0.6 is 0 Å². The van der Waals surface area contributed by atoms with Crippen molar-refractivity contribution in [2.45, 2.75) is 78.0 Å². The van der Waals surface area contributed by atoms with Crippen molar-refractivity contribution in [3.05, 3.63) is 23.5 Å². The van der Waals surface area contributed by atoms with E-state index in [0.29, 0.717) is 11.1 Å². The Balaban J connectivity index is 1.81. The minimum absolute atomic E-state index is 0.0550. The fourth-order valence-corrected chi connectivity index (χ4v) is 4.25. The molecule has 10 nitrogen and oxygen atoms in total. The number of hydrogen-bond acceptors (Lipinski definition) is 10. The number of rotatable bonds is 9. The van der Waals surface area contributed by atoms with Crippen LogP contribution in [0.1, 0.15) is 54.4 Å².